The summed E-state index contributed by atoms with van der Waals surface area (Å²) in [5, 5.41) is 9.06. The SMILES string of the molecule is C=C1NCC(C)(C)CN(C(=O)C(=O)NC)CCCOc2ccc(cc2Cl)CNc2nc(nc(OCC(F)(F)F)n2)Cc2ccc1cc2. The lowest BCUT2D eigenvalue weighted by Crippen LogP contribution is -2.48. The van der Waals surface area contributed by atoms with Gasteiger partial charge in [-0.3, -0.25) is 9.59 Å². The molecule has 47 heavy (non-hydrogen) atoms. The van der Waals surface area contributed by atoms with Crippen LogP contribution in [-0.4, -0.2) is 77.7 Å². The van der Waals surface area contributed by atoms with Crippen molar-refractivity contribution >= 4 is 35.1 Å². The van der Waals surface area contributed by atoms with E-state index in [9.17, 15) is 22.8 Å². The number of halogens is 4. The Kier molecular flexibility index (Phi) is 11.5. The molecule has 7 rings (SSSR count). The second kappa shape index (κ2) is 15.3. The van der Waals surface area contributed by atoms with Gasteiger partial charge in [-0.1, -0.05) is 62.4 Å². The van der Waals surface area contributed by atoms with Crippen LogP contribution >= 0.6 is 11.6 Å². The molecule has 252 valence electrons. The normalized spacial score (nSPS) is 15.9. The number of nitrogens with zero attached hydrogens (tertiary/aromatic N) is 4. The van der Waals surface area contributed by atoms with Crippen molar-refractivity contribution in [2.24, 2.45) is 5.41 Å². The number of hydrogen-bond donors (Lipinski definition) is 3. The number of ether oxygens (including phenoxy) is 2. The topological polar surface area (TPSA) is 131 Å². The van der Waals surface area contributed by atoms with Gasteiger partial charge in [-0.2, -0.15) is 28.1 Å². The molecule has 1 aromatic heterocycles. The fourth-order valence-corrected chi connectivity index (χ4v) is 4.94. The summed E-state index contributed by atoms with van der Waals surface area (Å²) in [5.74, 6) is -0.665. The first kappa shape index (κ1) is 35.3. The summed E-state index contributed by atoms with van der Waals surface area (Å²) in [4.78, 5) is 39.2. The molecule has 0 atom stereocenters. The molecular weight excluding hydrogens is 639 g/mol. The van der Waals surface area contributed by atoms with E-state index in [1.807, 2.05) is 38.1 Å². The molecule has 11 nitrogen and oxygen atoms in total. The molecule has 3 N–H and O–H groups in total. The quantitative estimate of drug-likeness (QED) is 0.334. The van der Waals surface area contributed by atoms with E-state index in [1.54, 1.807) is 18.2 Å². The van der Waals surface area contributed by atoms with Gasteiger partial charge in [0.1, 0.15) is 11.6 Å². The maximum atomic E-state index is 12.9. The van der Waals surface area contributed by atoms with Gasteiger partial charge in [0.2, 0.25) is 5.95 Å². The number of rotatable bonds is 2. The Morgan fingerprint density at radius 3 is 2.51 bits per heavy atom. The second-order valence-electron chi connectivity index (χ2n) is 11.8. The Labute approximate surface area is 275 Å². The van der Waals surface area contributed by atoms with Crippen LogP contribution in [0.5, 0.6) is 11.8 Å². The van der Waals surface area contributed by atoms with Crippen LogP contribution in [0.3, 0.4) is 0 Å². The number of alkyl halides is 3. The summed E-state index contributed by atoms with van der Waals surface area (Å²) >= 11 is 6.47. The lowest BCUT2D eigenvalue weighted by atomic mass is 9.92. The van der Waals surface area contributed by atoms with Crippen LogP contribution in [-0.2, 0) is 22.6 Å². The summed E-state index contributed by atoms with van der Waals surface area (Å²) in [6.45, 7) is 8.00. The smallest absolute Gasteiger partial charge is 0.422 e. The Morgan fingerprint density at radius 2 is 1.83 bits per heavy atom. The number of anilines is 1. The van der Waals surface area contributed by atoms with Gasteiger partial charge in [0.25, 0.3) is 0 Å². The first-order valence-corrected chi connectivity index (χ1v) is 15.2. The summed E-state index contributed by atoms with van der Waals surface area (Å²) in [6, 6.07) is 12.1. The monoisotopic (exact) mass is 675 g/mol. The minimum Gasteiger partial charge on any atom is -0.492 e. The summed E-state index contributed by atoms with van der Waals surface area (Å²) < 4.78 is 49.3. The van der Waals surface area contributed by atoms with Gasteiger partial charge < -0.3 is 30.3 Å². The predicted molar refractivity (Wildman–Crippen MR) is 171 cm³/mol. The minimum atomic E-state index is -4.57. The second-order valence-corrected chi connectivity index (χ2v) is 12.2. The van der Waals surface area contributed by atoms with E-state index in [2.05, 4.69) is 37.5 Å². The zero-order valence-corrected chi connectivity index (χ0v) is 27.1. The Hall–Kier alpha value is -4.59. The Bertz CT molecular complexity index is 1590. The van der Waals surface area contributed by atoms with Gasteiger partial charge in [-0.05, 0) is 40.7 Å². The Morgan fingerprint density at radius 1 is 1.11 bits per heavy atom. The van der Waals surface area contributed by atoms with Crippen molar-refractivity contribution in [2.45, 2.75) is 39.4 Å². The maximum absolute atomic E-state index is 12.9. The van der Waals surface area contributed by atoms with E-state index in [4.69, 9.17) is 21.1 Å². The maximum Gasteiger partial charge on any atom is 0.422 e. The number of hydrogen-bond acceptors (Lipinski definition) is 9. The third-order valence-corrected chi connectivity index (χ3v) is 7.37. The van der Waals surface area contributed by atoms with Crippen LogP contribution < -0.4 is 25.4 Å². The number of amides is 2. The van der Waals surface area contributed by atoms with Crippen molar-refractivity contribution in [3.63, 3.8) is 0 Å². The highest BCUT2D eigenvalue weighted by Gasteiger charge is 2.30. The summed E-state index contributed by atoms with van der Waals surface area (Å²) in [5.41, 5.74) is 2.53. The predicted octanol–water partition coefficient (Wildman–Crippen LogP) is 4.61. The Balaban J connectivity index is 1.61. The number of benzene rings is 2. The molecule has 0 fully saturated rings. The zero-order valence-electron chi connectivity index (χ0n) is 26.3. The highest BCUT2D eigenvalue weighted by molar-refractivity contribution is 6.34. The van der Waals surface area contributed by atoms with E-state index in [0.29, 0.717) is 36.0 Å². The molecule has 2 aromatic carbocycles. The third kappa shape index (κ3) is 10.7. The first-order chi connectivity index (χ1) is 22.2. The molecule has 0 saturated heterocycles. The number of carbonyl (C=O) groups is 2. The van der Waals surface area contributed by atoms with E-state index in [0.717, 1.165) is 16.7 Å². The van der Waals surface area contributed by atoms with E-state index >= 15 is 0 Å². The fourth-order valence-electron chi connectivity index (χ4n) is 4.69. The van der Waals surface area contributed by atoms with Gasteiger partial charge in [0, 0.05) is 45.3 Å². The molecule has 4 aliphatic heterocycles. The first-order valence-electron chi connectivity index (χ1n) is 14.8. The number of likely N-dealkylation sites (N-methyl/N-ethyl adjacent to an activating group) is 1. The minimum absolute atomic E-state index is 0.0331. The van der Waals surface area contributed by atoms with E-state index < -0.39 is 36.0 Å². The number of aromatic nitrogens is 3. The molecule has 0 radical (unpaired) electrons. The van der Waals surface area contributed by atoms with Gasteiger partial charge in [0.15, 0.2) is 6.61 Å². The molecule has 2 amide bonds. The van der Waals surface area contributed by atoms with E-state index in [1.165, 1.54) is 11.9 Å². The van der Waals surface area contributed by atoms with Crippen molar-refractivity contribution in [1.82, 2.24) is 30.5 Å². The number of nitrogens with one attached hydrogen (secondary N) is 3. The number of carbonyl (C=O) groups excluding carboxylic acids is 2. The average Bonchev–Trinajstić information content (AvgIpc) is 3.02. The van der Waals surface area contributed by atoms with Crippen molar-refractivity contribution < 1.29 is 32.2 Å². The van der Waals surface area contributed by atoms with Gasteiger partial charge in [-0.15, -0.1) is 0 Å². The van der Waals surface area contributed by atoms with Crippen LogP contribution in [0.15, 0.2) is 49.0 Å². The average molecular weight is 676 g/mol. The molecule has 0 aliphatic carbocycles. The molecule has 6 bridgehead atoms. The molecule has 0 unspecified atom stereocenters. The molecule has 5 heterocycles. The van der Waals surface area contributed by atoms with Gasteiger partial charge in [0.05, 0.1) is 11.6 Å². The zero-order chi connectivity index (χ0) is 34.2. The molecule has 0 saturated carbocycles. The fraction of sp³-hybridized carbons (Fsp3) is 0.406. The van der Waals surface area contributed by atoms with Crippen LogP contribution in [0.2, 0.25) is 5.02 Å². The summed E-state index contributed by atoms with van der Waals surface area (Å²) in [7, 11) is 1.41. The molecule has 3 aromatic rings. The highest BCUT2D eigenvalue weighted by atomic mass is 35.5. The third-order valence-electron chi connectivity index (χ3n) is 7.08. The largest absolute Gasteiger partial charge is 0.492 e. The van der Waals surface area contributed by atoms with Gasteiger partial charge >= 0.3 is 24.0 Å². The highest BCUT2D eigenvalue weighted by Crippen LogP contribution is 2.27. The van der Waals surface area contributed by atoms with Crippen LogP contribution in [0.25, 0.3) is 5.70 Å². The van der Waals surface area contributed by atoms with Crippen LogP contribution in [0.1, 0.15) is 42.8 Å². The van der Waals surface area contributed by atoms with E-state index in [-0.39, 0.29) is 37.9 Å². The lowest BCUT2D eigenvalue weighted by molar-refractivity contribution is -0.154. The van der Waals surface area contributed by atoms with Crippen molar-refractivity contribution in [3.8, 4) is 11.8 Å². The van der Waals surface area contributed by atoms with Crippen molar-refractivity contribution in [1.29, 1.82) is 0 Å². The summed E-state index contributed by atoms with van der Waals surface area (Å²) in [6.07, 6.45) is -3.94. The molecule has 4 aliphatic rings. The van der Waals surface area contributed by atoms with Crippen molar-refractivity contribution in [3.05, 3.63) is 76.6 Å². The molecule has 0 spiro atoms. The lowest BCUT2D eigenvalue weighted by Gasteiger charge is -2.33. The van der Waals surface area contributed by atoms with Crippen molar-refractivity contribution in [2.75, 3.05) is 45.2 Å². The van der Waals surface area contributed by atoms with Crippen LogP contribution in [0.4, 0.5) is 19.1 Å². The standard InChI is InChI=1S/C32H37ClF3N7O4/c1-20-23-9-6-21(7-10-23)15-26-40-29(42-30(41-26)47-19-32(34,35)36)38-16-22-8-11-25(24(33)14-22)46-13-5-12-43(28(45)27(44)37-4)18-31(2,3)17-39-20/h6-11,14,39H,1,5,12-13,15-19H2,2-4H3,(H,37,44)(H,38,40,41,42). The molecule has 15 heteroatoms. The van der Waals surface area contributed by atoms with Gasteiger partial charge in [-0.25, -0.2) is 0 Å². The van der Waals surface area contributed by atoms with Crippen LogP contribution in [0, 0.1) is 5.41 Å². The molecular formula is C32H37ClF3N7O4.